The maximum Gasteiger partial charge on any atom is 0.234 e. The molecule has 0 saturated carbocycles. The Morgan fingerprint density at radius 3 is 2.81 bits per heavy atom. The monoisotopic (exact) mass is 223 g/mol. The van der Waals surface area contributed by atoms with Crippen LogP contribution in [-0.2, 0) is 4.79 Å². The average Bonchev–Trinajstić information content (AvgIpc) is 2.28. The second-order valence-electron chi connectivity index (χ2n) is 4.14. The molecule has 0 radical (unpaired) electrons. The van der Waals surface area contributed by atoms with Crippen molar-refractivity contribution in [2.24, 2.45) is 5.73 Å². The number of nitrogens with two attached hydrogens (primary N) is 1. The first kappa shape index (κ1) is 13.0. The van der Waals surface area contributed by atoms with Crippen molar-refractivity contribution in [2.75, 3.05) is 26.2 Å². The van der Waals surface area contributed by atoms with Crippen LogP contribution in [0.1, 0.15) is 26.2 Å². The summed E-state index contributed by atoms with van der Waals surface area (Å²) in [5.41, 5.74) is 5.80. The van der Waals surface area contributed by atoms with Crippen molar-refractivity contribution < 1.29 is 4.79 Å². The minimum absolute atomic E-state index is 0.0911. The molecule has 0 aliphatic carbocycles. The normalized spacial score (nSPS) is 17.6. The van der Waals surface area contributed by atoms with E-state index < -0.39 is 0 Å². The number of likely N-dealkylation sites (tertiary alicyclic amines) is 1. The Kier molecular flexibility index (Phi) is 5.91. The van der Waals surface area contributed by atoms with Crippen molar-refractivity contribution in [1.82, 2.24) is 10.2 Å². The van der Waals surface area contributed by atoms with Gasteiger partial charge in [0.2, 0.25) is 5.91 Å². The van der Waals surface area contributed by atoms with E-state index in [4.69, 9.17) is 5.73 Å². The van der Waals surface area contributed by atoms with Crippen LogP contribution in [0.5, 0.6) is 0 Å². The van der Waals surface area contributed by atoms with E-state index in [2.05, 4.69) is 22.1 Å². The number of carbonyl (C=O) groups excluding carboxylic acids is 1. The lowest BCUT2D eigenvalue weighted by Crippen LogP contribution is -2.44. The summed E-state index contributed by atoms with van der Waals surface area (Å²) in [6, 6.07) is 0.319. The van der Waals surface area contributed by atoms with Crippen molar-refractivity contribution in [2.45, 2.75) is 32.2 Å². The lowest BCUT2D eigenvalue weighted by atomic mass is 10.1. The Labute approximate surface area is 97.6 Å². The Morgan fingerprint density at radius 1 is 1.50 bits per heavy atom. The molecule has 0 spiro atoms. The number of hydrogen-bond donors (Lipinski definition) is 2. The molecule has 4 nitrogen and oxygen atoms in total. The van der Waals surface area contributed by atoms with Gasteiger partial charge in [-0.25, -0.2) is 0 Å². The number of carbonyl (C=O) groups is 1. The molecule has 16 heavy (non-hydrogen) atoms. The van der Waals surface area contributed by atoms with E-state index in [9.17, 15) is 4.79 Å². The van der Waals surface area contributed by atoms with Crippen LogP contribution in [0.2, 0.25) is 0 Å². The quantitative estimate of drug-likeness (QED) is 0.518. The zero-order chi connectivity index (χ0) is 11.8. The maximum atomic E-state index is 11.5. The zero-order valence-electron chi connectivity index (χ0n) is 9.96. The SMILES string of the molecule is CC#CCCNC(=O)CN1CCC(N)CC1. The molecule has 0 atom stereocenters. The number of nitrogens with zero attached hydrogens (tertiary/aromatic N) is 1. The van der Waals surface area contributed by atoms with Crippen LogP contribution >= 0.6 is 0 Å². The van der Waals surface area contributed by atoms with Crippen molar-refractivity contribution in [1.29, 1.82) is 0 Å². The topological polar surface area (TPSA) is 58.4 Å². The number of hydrogen-bond acceptors (Lipinski definition) is 3. The summed E-state index contributed by atoms with van der Waals surface area (Å²) in [6.45, 7) is 4.81. The summed E-state index contributed by atoms with van der Waals surface area (Å²) >= 11 is 0. The predicted octanol–water partition coefficient (Wildman–Crippen LogP) is -0.0609. The molecule has 1 amide bonds. The molecule has 0 aromatic carbocycles. The van der Waals surface area contributed by atoms with Crippen LogP contribution in [0.25, 0.3) is 0 Å². The summed E-state index contributed by atoms with van der Waals surface area (Å²) in [5.74, 6) is 5.81. The number of nitrogens with one attached hydrogen (secondary N) is 1. The summed E-state index contributed by atoms with van der Waals surface area (Å²) in [7, 11) is 0. The van der Waals surface area contributed by atoms with Gasteiger partial charge in [0.05, 0.1) is 6.54 Å². The molecule has 4 heteroatoms. The van der Waals surface area contributed by atoms with Gasteiger partial charge >= 0.3 is 0 Å². The molecule has 1 aliphatic rings. The van der Waals surface area contributed by atoms with Gasteiger partial charge < -0.3 is 11.1 Å². The second-order valence-corrected chi connectivity index (χ2v) is 4.14. The first-order valence-electron chi connectivity index (χ1n) is 5.86. The smallest absolute Gasteiger partial charge is 0.234 e. The van der Waals surface area contributed by atoms with E-state index in [1.54, 1.807) is 6.92 Å². The fraction of sp³-hybridized carbons (Fsp3) is 0.750. The largest absolute Gasteiger partial charge is 0.354 e. The highest BCUT2D eigenvalue weighted by atomic mass is 16.2. The third kappa shape index (κ3) is 5.15. The lowest BCUT2D eigenvalue weighted by molar-refractivity contribution is -0.122. The van der Waals surface area contributed by atoms with E-state index in [0.29, 0.717) is 19.1 Å². The molecule has 90 valence electrons. The molecular formula is C12H21N3O. The molecule has 1 heterocycles. The van der Waals surface area contributed by atoms with Gasteiger partial charge in [0.15, 0.2) is 0 Å². The Bertz CT molecular complexity index is 272. The summed E-state index contributed by atoms with van der Waals surface area (Å²) in [6.07, 6.45) is 2.72. The lowest BCUT2D eigenvalue weighted by Gasteiger charge is -2.29. The van der Waals surface area contributed by atoms with Gasteiger partial charge in [-0.3, -0.25) is 9.69 Å². The number of amides is 1. The molecule has 1 saturated heterocycles. The van der Waals surface area contributed by atoms with E-state index in [1.807, 2.05) is 0 Å². The van der Waals surface area contributed by atoms with E-state index >= 15 is 0 Å². The van der Waals surface area contributed by atoms with Crippen LogP contribution in [0.15, 0.2) is 0 Å². The van der Waals surface area contributed by atoms with Gasteiger partial charge in [-0.2, -0.15) is 0 Å². The second kappa shape index (κ2) is 7.26. The van der Waals surface area contributed by atoms with Crippen molar-refractivity contribution in [3.8, 4) is 11.8 Å². The first-order valence-corrected chi connectivity index (χ1v) is 5.86. The number of piperidine rings is 1. The molecular weight excluding hydrogens is 202 g/mol. The molecule has 0 bridgehead atoms. The average molecular weight is 223 g/mol. The van der Waals surface area contributed by atoms with Crippen molar-refractivity contribution >= 4 is 5.91 Å². The van der Waals surface area contributed by atoms with Crippen molar-refractivity contribution in [3.05, 3.63) is 0 Å². The van der Waals surface area contributed by atoms with Crippen LogP contribution in [0.3, 0.4) is 0 Å². The highest BCUT2D eigenvalue weighted by Crippen LogP contribution is 2.06. The van der Waals surface area contributed by atoms with Gasteiger partial charge in [-0.05, 0) is 19.8 Å². The fourth-order valence-electron chi connectivity index (χ4n) is 1.76. The zero-order valence-corrected chi connectivity index (χ0v) is 9.96. The molecule has 1 aliphatic heterocycles. The Hall–Kier alpha value is -1.05. The minimum atomic E-state index is 0.0911. The van der Waals surface area contributed by atoms with E-state index in [1.165, 1.54) is 0 Å². The number of rotatable bonds is 4. The van der Waals surface area contributed by atoms with Crippen LogP contribution < -0.4 is 11.1 Å². The molecule has 3 N–H and O–H groups in total. The van der Waals surface area contributed by atoms with Gasteiger partial charge in [0.25, 0.3) is 0 Å². The molecule has 1 fully saturated rings. The fourth-order valence-corrected chi connectivity index (χ4v) is 1.76. The predicted molar refractivity (Wildman–Crippen MR) is 64.7 cm³/mol. The van der Waals surface area contributed by atoms with Crippen LogP contribution in [-0.4, -0.2) is 43.0 Å². The third-order valence-electron chi connectivity index (χ3n) is 2.75. The Morgan fingerprint density at radius 2 is 2.19 bits per heavy atom. The summed E-state index contributed by atoms with van der Waals surface area (Å²) < 4.78 is 0. The Balaban J connectivity index is 2.11. The van der Waals surface area contributed by atoms with Gasteiger partial charge in [0, 0.05) is 32.1 Å². The van der Waals surface area contributed by atoms with Gasteiger partial charge in [-0.15, -0.1) is 11.8 Å². The van der Waals surface area contributed by atoms with Gasteiger partial charge in [0.1, 0.15) is 0 Å². The molecule has 0 unspecified atom stereocenters. The molecule has 0 aromatic rings. The van der Waals surface area contributed by atoms with Crippen LogP contribution in [0, 0.1) is 11.8 Å². The van der Waals surface area contributed by atoms with E-state index in [0.717, 1.165) is 32.4 Å². The standard InChI is InChI=1S/C12H21N3O/c1-2-3-4-7-14-12(16)10-15-8-5-11(13)6-9-15/h11H,4-10,13H2,1H3,(H,14,16). The summed E-state index contributed by atoms with van der Waals surface area (Å²) in [4.78, 5) is 13.7. The molecule has 0 aromatic heterocycles. The van der Waals surface area contributed by atoms with Crippen LogP contribution in [0.4, 0.5) is 0 Å². The van der Waals surface area contributed by atoms with E-state index in [-0.39, 0.29) is 5.91 Å². The minimum Gasteiger partial charge on any atom is -0.354 e. The first-order chi connectivity index (χ1) is 7.72. The maximum absolute atomic E-state index is 11.5. The third-order valence-corrected chi connectivity index (χ3v) is 2.75. The molecule has 1 rings (SSSR count). The highest BCUT2D eigenvalue weighted by Gasteiger charge is 2.17. The van der Waals surface area contributed by atoms with Gasteiger partial charge in [-0.1, -0.05) is 0 Å². The summed E-state index contributed by atoms with van der Waals surface area (Å²) in [5, 5.41) is 2.86. The highest BCUT2D eigenvalue weighted by molar-refractivity contribution is 5.78. The van der Waals surface area contributed by atoms with Crippen molar-refractivity contribution in [3.63, 3.8) is 0 Å².